The topological polar surface area (TPSA) is 49.8 Å². The number of aryl methyl sites for hydroxylation is 1. The maximum atomic E-state index is 13.5. The highest BCUT2D eigenvalue weighted by atomic mass is 32.1. The Morgan fingerprint density at radius 3 is 2.95 bits per heavy atom. The molecule has 0 aliphatic heterocycles. The number of nitrogens with zero attached hydrogens (tertiary/aromatic N) is 1. The van der Waals surface area contributed by atoms with Crippen LogP contribution < -0.4 is 5.32 Å². The van der Waals surface area contributed by atoms with Crippen LogP contribution in [0.5, 0.6) is 0 Å². The van der Waals surface area contributed by atoms with Crippen LogP contribution in [0.1, 0.15) is 18.9 Å². The zero-order valence-corrected chi connectivity index (χ0v) is 11.7. The van der Waals surface area contributed by atoms with Crippen molar-refractivity contribution in [3.8, 4) is 0 Å². The van der Waals surface area contributed by atoms with E-state index >= 15 is 0 Å². The van der Waals surface area contributed by atoms with Gasteiger partial charge in [-0.3, -0.25) is 4.79 Å². The summed E-state index contributed by atoms with van der Waals surface area (Å²) in [5.41, 5.74) is 1.89. The number of hydrogen-bond acceptors (Lipinski definition) is 2. The maximum absolute atomic E-state index is 13.5. The molecule has 0 fully saturated rings. The number of halogens is 1. The van der Waals surface area contributed by atoms with Crippen LogP contribution in [0.2, 0.25) is 0 Å². The highest BCUT2D eigenvalue weighted by Gasteiger charge is 2.10. The number of aromatic nitrogens is 2. The Hall–Kier alpha value is -1.69. The average Bonchev–Trinajstić information content (AvgIpc) is 2.64. The van der Waals surface area contributed by atoms with Crippen molar-refractivity contribution in [3.63, 3.8) is 0 Å². The van der Waals surface area contributed by atoms with Gasteiger partial charge in [-0.2, -0.15) is 0 Å². The molecule has 1 aromatic carbocycles. The second-order valence-electron chi connectivity index (χ2n) is 4.48. The summed E-state index contributed by atoms with van der Waals surface area (Å²) >= 11 is 5.18. The van der Waals surface area contributed by atoms with Crippen molar-refractivity contribution < 1.29 is 9.18 Å². The number of amides is 1. The SMILES string of the molecule is CCCNC(=O)Cn1c(=S)[nH]c2cc(F)c(C)cc21. The minimum atomic E-state index is -0.286. The van der Waals surface area contributed by atoms with Crippen LogP contribution in [0.3, 0.4) is 0 Å². The van der Waals surface area contributed by atoms with Gasteiger partial charge >= 0.3 is 0 Å². The molecular formula is C13H16FN3OS. The number of rotatable bonds is 4. The van der Waals surface area contributed by atoms with Gasteiger partial charge in [-0.25, -0.2) is 4.39 Å². The van der Waals surface area contributed by atoms with E-state index in [2.05, 4.69) is 10.3 Å². The average molecular weight is 281 g/mol. The molecule has 1 heterocycles. The Morgan fingerprint density at radius 2 is 2.26 bits per heavy atom. The van der Waals surface area contributed by atoms with Crippen LogP contribution in [0.4, 0.5) is 4.39 Å². The normalized spacial score (nSPS) is 10.9. The number of carbonyl (C=O) groups excluding carboxylic acids is 1. The second-order valence-corrected chi connectivity index (χ2v) is 4.87. The first-order valence-corrected chi connectivity index (χ1v) is 6.59. The minimum Gasteiger partial charge on any atom is -0.355 e. The van der Waals surface area contributed by atoms with Crippen LogP contribution in [0, 0.1) is 17.5 Å². The van der Waals surface area contributed by atoms with E-state index in [1.165, 1.54) is 6.07 Å². The standard InChI is InChI=1S/C13H16FN3OS/c1-3-4-15-12(18)7-17-11-5-8(2)9(14)6-10(11)16-13(17)19/h5-6H,3-4,7H2,1-2H3,(H,15,18)(H,16,19). The maximum Gasteiger partial charge on any atom is 0.240 e. The molecule has 19 heavy (non-hydrogen) atoms. The number of carbonyl (C=O) groups is 1. The summed E-state index contributed by atoms with van der Waals surface area (Å²) in [6.07, 6.45) is 0.884. The van der Waals surface area contributed by atoms with Crippen molar-refractivity contribution >= 4 is 29.2 Å². The summed E-state index contributed by atoms with van der Waals surface area (Å²) in [4.78, 5) is 14.7. The smallest absolute Gasteiger partial charge is 0.240 e. The highest BCUT2D eigenvalue weighted by Crippen LogP contribution is 2.18. The lowest BCUT2D eigenvalue weighted by Crippen LogP contribution is -2.28. The molecule has 1 aromatic heterocycles. The fourth-order valence-electron chi connectivity index (χ4n) is 1.90. The molecule has 0 atom stereocenters. The molecule has 0 spiro atoms. The van der Waals surface area contributed by atoms with Gasteiger partial charge in [0.15, 0.2) is 4.77 Å². The predicted octanol–water partition coefficient (Wildman–Crippen LogP) is 2.67. The van der Waals surface area contributed by atoms with Gasteiger partial charge in [-0.05, 0) is 43.3 Å². The first kappa shape index (κ1) is 13.7. The first-order chi connectivity index (χ1) is 9.02. The highest BCUT2D eigenvalue weighted by molar-refractivity contribution is 7.71. The second kappa shape index (κ2) is 5.52. The van der Waals surface area contributed by atoms with Crippen molar-refractivity contribution in [3.05, 3.63) is 28.3 Å². The van der Waals surface area contributed by atoms with Gasteiger partial charge in [-0.1, -0.05) is 6.92 Å². The van der Waals surface area contributed by atoms with Crippen LogP contribution in [0.25, 0.3) is 11.0 Å². The van der Waals surface area contributed by atoms with Crippen LogP contribution in [-0.2, 0) is 11.3 Å². The van der Waals surface area contributed by atoms with Crippen LogP contribution in [-0.4, -0.2) is 22.0 Å². The van der Waals surface area contributed by atoms with E-state index in [1.807, 2.05) is 6.92 Å². The summed E-state index contributed by atoms with van der Waals surface area (Å²) < 4.78 is 15.6. The number of nitrogens with one attached hydrogen (secondary N) is 2. The number of hydrogen-bond donors (Lipinski definition) is 2. The van der Waals surface area contributed by atoms with E-state index in [0.29, 0.717) is 22.4 Å². The molecule has 0 saturated carbocycles. The summed E-state index contributed by atoms with van der Waals surface area (Å²) in [7, 11) is 0. The summed E-state index contributed by atoms with van der Waals surface area (Å²) in [5, 5.41) is 2.79. The molecule has 0 radical (unpaired) electrons. The van der Waals surface area contributed by atoms with Gasteiger partial charge in [0.05, 0.1) is 11.0 Å². The summed E-state index contributed by atoms with van der Waals surface area (Å²) in [6.45, 7) is 4.46. The van der Waals surface area contributed by atoms with E-state index in [-0.39, 0.29) is 18.3 Å². The molecular weight excluding hydrogens is 265 g/mol. The number of benzene rings is 1. The zero-order chi connectivity index (χ0) is 14.0. The molecule has 0 unspecified atom stereocenters. The van der Waals surface area contributed by atoms with Gasteiger partial charge in [0.2, 0.25) is 5.91 Å². The molecule has 0 aliphatic carbocycles. The van der Waals surface area contributed by atoms with Crippen molar-refractivity contribution in [1.82, 2.24) is 14.9 Å². The van der Waals surface area contributed by atoms with E-state index in [1.54, 1.807) is 17.6 Å². The number of aromatic amines is 1. The predicted molar refractivity (Wildman–Crippen MR) is 75.1 cm³/mol. The lowest BCUT2D eigenvalue weighted by molar-refractivity contribution is -0.121. The lowest BCUT2D eigenvalue weighted by atomic mass is 10.2. The van der Waals surface area contributed by atoms with Gasteiger partial charge in [0.25, 0.3) is 0 Å². The van der Waals surface area contributed by atoms with Gasteiger partial charge < -0.3 is 14.9 Å². The first-order valence-electron chi connectivity index (χ1n) is 6.18. The largest absolute Gasteiger partial charge is 0.355 e. The number of fused-ring (bicyclic) bond motifs is 1. The Morgan fingerprint density at radius 1 is 1.53 bits per heavy atom. The molecule has 0 bridgehead atoms. The number of imidazole rings is 1. The molecule has 2 rings (SSSR count). The van der Waals surface area contributed by atoms with E-state index in [9.17, 15) is 9.18 Å². The molecule has 2 N–H and O–H groups in total. The van der Waals surface area contributed by atoms with Crippen molar-refractivity contribution in [1.29, 1.82) is 0 Å². The van der Waals surface area contributed by atoms with Crippen molar-refractivity contribution in [2.75, 3.05) is 6.54 Å². The number of H-pyrrole nitrogens is 1. The molecule has 1 amide bonds. The molecule has 4 nitrogen and oxygen atoms in total. The third kappa shape index (κ3) is 2.84. The molecule has 6 heteroatoms. The Bertz CT molecular complexity index is 674. The zero-order valence-electron chi connectivity index (χ0n) is 10.9. The molecule has 102 valence electrons. The Balaban J connectivity index is 2.37. The van der Waals surface area contributed by atoms with E-state index in [4.69, 9.17) is 12.2 Å². The summed E-state index contributed by atoms with van der Waals surface area (Å²) in [6, 6.07) is 3.10. The fourth-order valence-corrected chi connectivity index (χ4v) is 2.18. The van der Waals surface area contributed by atoms with Crippen molar-refractivity contribution in [2.45, 2.75) is 26.8 Å². The van der Waals surface area contributed by atoms with E-state index < -0.39 is 0 Å². The third-order valence-corrected chi connectivity index (χ3v) is 3.25. The van der Waals surface area contributed by atoms with Crippen LogP contribution in [0.15, 0.2) is 12.1 Å². The fraction of sp³-hybridized carbons (Fsp3) is 0.385. The molecule has 0 aliphatic rings. The van der Waals surface area contributed by atoms with Gasteiger partial charge in [0, 0.05) is 6.54 Å². The van der Waals surface area contributed by atoms with Gasteiger partial charge in [0.1, 0.15) is 12.4 Å². The molecule has 2 aromatic rings. The van der Waals surface area contributed by atoms with E-state index in [0.717, 1.165) is 11.9 Å². The Labute approximate surface area is 115 Å². The molecule has 0 saturated heterocycles. The van der Waals surface area contributed by atoms with Gasteiger partial charge in [-0.15, -0.1) is 0 Å². The summed E-state index contributed by atoms with van der Waals surface area (Å²) in [5.74, 6) is -0.382. The third-order valence-electron chi connectivity index (χ3n) is 2.93. The lowest BCUT2D eigenvalue weighted by Gasteiger charge is -2.06. The minimum absolute atomic E-state index is 0.0965. The quantitative estimate of drug-likeness (QED) is 0.847. The monoisotopic (exact) mass is 281 g/mol. The Kier molecular flexibility index (Phi) is 3.99. The van der Waals surface area contributed by atoms with Crippen LogP contribution >= 0.6 is 12.2 Å². The van der Waals surface area contributed by atoms with Crippen molar-refractivity contribution in [2.24, 2.45) is 0 Å².